The van der Waals surface area contributed by atoms with Gasteiger partial charge in [0.25, 0.3) is 0 Å². The molecule has 1 aromatic carbocycles. The first-order valence-corrected chi connectivity index (χ1v) is 5.67. The Labute approximate surface area is 95.4 Å². The normalized spacial score (nSPS) is 15.9. The Morgan fingerprint density at radius 1 is 1.25 bits per heavy atom. The van der Waals surface area contributed by atoms with E-state index in [4.69, 9.17) is 5.73 Å². The van der Waals surface area contributed by atoms with Crippen LogP contribution in [0.4, 0.5) is 16.2 Å². The molecule has 86 valence electrons. The Hall–Kier alpha value is -1.71. The number of hydrogen-bond donors (Lipinski definition) is 2. The van der Waals surface area contributed by atoms with Gasteiger partial charge in [-0.2, -0.15) is 0 Å². The number of primary amides is 1. The molecule has 1 aliphatic heterocycles. The quantitative estimate of drug-likeness (QED) is 0.800. The second-order valence-corrected chi connectivity index (χ2v) is 4.09. The van der Waals surface area contributed by atoms with E-state index in [0.29, 0.717) is 0 Å². The molecule has 1 aromatic rings. The van der Waals surface area contributed by atoms with Crippen molar-refractivity contribution in [3.05, 3.63) is 24.3 Å². The van der Waals surface area contributed by atoms with Crippen molar-refractivity contribution in [3.8, 4) is 0 Å². The second-order valence-electron chi connectivity index (χ2n) is 4.09. The van der Waals surface area contributed by atoms with E-state index in [2.05, 4.69) is 16.3 Å². The summed E-state index contributed by atoms with van der Waals surface area (Å²) in [6.45, 7) is 2.19. The van der Waals surface area contributed by atoms with E-state index in [1.54, 1.807) is 0 Å². The van der Waals surface area contributed by atoms with E-state index in [0.717, 1.165) is 24.5 Å². The van der Waals surface area contributed by atoms with Crippen molar-refractivity contribution in [1.29, 1.82) is 0 Å². The van der Waals surface area contributed by atoms with Gasteiger partial charge in [-0.25, -0.2) is 4.79 Å². The average Bonchev–Trinajstić information content (AvgIpc) is 2.30. The zero-order chi connectivity index (χ0) is 11.4. The third-order valence-electron chi connectivity index (χ3n) is 2.83. The summed E-state index contributed by atoms with van der Waals surface area (Å²) in [6, 6.07) is 7.30. The lowest BCUT2D eigenvalue weighted by molar-refractivity contribution is 0.259. The van der Waals surface area contributed by atoms with Gasteiger partial charge in [-0.15, -0.1) is 0 Å². The molecule has 0 spiro atoms. The molecule has 1 aliphatic rings. The molecule has 4 heteroatoms. The lowest BCUT2D eigenvalue weighted by atomic mass is 10.1. The van der Waals surface area contributed by atoms with Crippen LogP contribution in [0.25, 0.3) is 0 Å². The molecule has 0 unspecified atom stereocenters. The van der Waals surface area contributed by atoms with Crippen LogP contribution in [0.1, 0.15) is 19.3 Å². The zero-order valence-corrected chi connectivity index (χ0v) is 9.28. The highest BCUT2D eigenvalue weighted by Gasteiger charge is 2.11. The Kier molecular flexibility index (Phi) is 3.29. The minimum atomic E-state index is -0.518. The number of amides is 2. The van der Waals surface area contributed by atoms with Crippen LogP contribution in [0.3, 0.4) is 0 Å². The number of benzene rings is 1. The Morgan fingerprint density at radius 3 is 2.69 bits per heavy atom. The SMILES string of the molecule is NC(=O)Nc1cccc(N2CCCCC2)c1. The number of urea groups is 1. The van der Waals surface area contributed by atoms with Gasteiger partial charge < -0.3 is 16.0 Å². The maximum absolute atomic E-state index is 10.8. The van der Waals surface area contributed by atoms with Crippen LogP contribution in [0.5, 0.6) is 0 Å². The molecule has 1 heterocycles. The van der Waals surface area contributed by atoms with Crippen molar-refractivity contribution in [2.24, 2.45) is 5.73 Å². The highest BCUT2D eigenvalue weighted by atomic mass is 16.2. The smallest absolute Gasteiger partial charge is 0.316 e. The van der Waals surface area contributed by atoms with Gasteiger partial charge in [0.15, 0.2) is 0 Å². The van der Waals surface area contributed by atoms with Crippen molar-refractivity contribution in [1.82, 2.24) is 0 Å². The van der Waals surface area contributed by atoms with E-state index in [-0.39, 0.29) is 0 Å². The minimum Gasteiger partial charge on any atom is -0.371 e. The summed E-state index contributed by atoms with van der Waals surface area (Å²) in [4.78, 5) is 13.1. The van der Waals surface area contributed by atoms with Crippen molar-refractivity contribution in [2.45, 2.75) is 19.3 Å². The molecule has 0 atom stereocenters. The highest BCUT2D eigenvalue weighted by molar-refractivity contribution is 5.88. The molecule has 1 saturated heterocycles. The van der Waals surface area contributed by atoms with Gasteiger partial charge in [-0.1, -0.05) is 6.07 Å². The molecule has 0 saturated carbocycles. The number of nitrogens with one attached hydrogen (secondary N) is 1. The third kappa shape index (κ3) is 2.66. The van der Waals surface area contributed by atoms with Crippen molar-refractivity contribution in [3.63, 3.8) is 0 Å². The number of carbonyl (C=O) groups is 1. The van der Waals surface area contributed by atoms with Crippen molar-refractivity contribution < 1.29 is 4.79 Å². The van der Waals surface area contributed by atoms with Crippen LogP contribution < -0.4 is 16.0 Å². The number of nitrogens with two attached hydrogens (primary N) is 1. The van der Waals surface area contributed by atoms with E-state index < -0.39 is 6.03 Å². The molecule has 2 rings (SSSR count). The summed E-state index contributed by atoms with van der Waals surface area (Å²) in [7, 11) is 0. The fourth-order valence-electron chi connectivity index (χ4n) is 2.07. The van der Waals surface area contributed by atoms with Gasteiger partial charge in [-0.3, -0.25) is 0 Å². The minimum absolute atomic E-state index is 0.518. The Balaban J connectivity index is 2.11. The fourth-order valence-corrected chi connectivity index (χ4v) is 2.07. The monoisotopic (exact) mass is 219 g/mol. The number of rotatable bonds is 2. The van der Waals surface area contributed by atoms with Crippen LogP contribution >= 0.6 is 0 Å². The summed E-state index contributed by atoms with van der Waals surface area (Å²) >= 11 is 0. The van der Waals surface area contributed by atoms with Gasteiger partial charge in [-0.05, 0) is 37.5 Å². The summed E-state index contributed by atoms with van der Waals surface area (Å²) in [5.74, 6) is 0. The maximum Gasteiger partial charge on any atom is 0.316 e. The Bertz CT molecular complexity index is 372. The molecular weight excluding hydrogens is 202 g/mol. The third-order valence-corrected chi connectivity index (χ3v) is 2.83. The summed E-state index contributed by atoms with van der Waals surface area (Å²) in [5.41, 5.74) is 7.01. The van der Waals surface area contributed by atoms with Crippen molar-refractivity contribution >= 4 is 17.4 Å². The van der Waals surface area contributed by atoms with Gasteiger partial charge in [0.1, 0.15) is 0 Å². The molecule has 0 aromatic heterocycles. The first kappa shape index (κ1) is 10.8. The van der Waals surface area contributed by atoms with Gasteiger partial charge in [0.2, 0.25) is 0 Å². The van der Waals surface area contributed by atoms with E-state index in [1.807, 2.05) is 18.2 Å². The first-order chi connectivity index (χ1) is 7.75. The van der Waals surface area contributed by atoms with Crippen LogP contribution in [-0.4, -0.2) is 19.1 Å². The van der Waals surface area contributed by atoms with E-state index in [9.17, 15) is 4.79 Å². The van der Waals surface area contributed by atoms with Crippen LogP contribution in [0, 0.1) is 0 Å². The molecule has 0 radical (unpaired) electrons. The number of hydrogen-bond acceptors (Lipinski definition) is 2. The summed E-state index contributed by atoms with van der Waals surface area (Å²) < 4.78 is 0. The van der Waals surface area contributed by atoms with E-state index >= 15 is 0 Å². The van der Waals surface area contributed by atoms with E-state index in [1.165, 1.54) is 19.3 Å². The largest absolute Gasteiger partial charge is 0.371 e. The molecule has 0 bridgehead atoms. The number of piperidine rings is 1. The molecule has 0 aliphatic carbocycles. The molecule has 16 heavy (non-hydrogen) atoms. The zero-order valence-electron chi connectivity index (χ0n) is 9.28. The van der Waals surface area contributed by atoms with Gasteiger partial charge >= 0.3 is 6.03 Å². The standard InChI is InChI=1S/C12H17N3O/c13-12(16)14-10-5-4-6-11(9-10)15-7-2-1-3-8-15/h4-6,9H,1-3,7-8H2,(H3,13,14,16). The predicted octanol–water partition coefficient (Wildman–Crippen LogP) is 2.17. The summed E-state index contributed by atoms with van der Waals surface area (Å²) in [5, 5.41) is 2.60. The molecule has 3 N–H and O–H groups in total. The Morgan fingerprint density at radius 2 is 2.00 bits per heavy atom. The van der Waals surface area contributed by atoms with Crippen LogP contribution in [0.2, 0.25) is 0 Å². The second kappa shape index (κ2) is 4.88. The number of nitrogens with zero attached hydrogens (tertiary/aromatic N) is 1. The molecule has 2 amide bonds. The lowest BCUT2D eigenvalue weighted by Crippen LogP contribution is -2.29. The van der Waals surface area contributed by atoms with Crippen LogP contribution in [-0.2, 0) is 0 Å². The lowest BCUT2D eigenvalue weighted by Gasteiger charge is -2.29. The average molecular weight is 219 g/mol. The van der Waals surface area contributed by atoms with Crippen LogP contribution in [0.15, 0.2) is 24.3 Å². The van der Waals surface area contributed by atoms with Gasteiger partial charge in [0.05, 0.1) is 0 Å². The highest BCUT2D eigenvalue weighted by Crippen LogP contribution is 2.22. The first-order valence-electron chi connectivity index (χ1n) is 5.67. The molecule has 1 fully saturated rings. The maximum atomic E-state index is 10.8. The molecular formula is C12H17N3O. The summed E-state index contributed by atoms with van der Waals surface area (Å²) in [6.07, 6.45) is 3.80. The number of carbonyl (C=O) groups excluding carboxylic acids is 1. The van der Waals surface area contributed by atoms with Crippen molar-refractivity contribution in [2.75, 3.05) is 23.3 Å². The number of anilines is 2. The predicted molar refractivity (Wildman–Crippen MR) is 65.7 cm³/mol. The topological polar surface area (TPSA) is 58.4 Å². The fraction of sp³-hybridized carbons (Fsp3) is 0.417. The molecule has 4 nitrogen and oxygen atoms in total. The van der Waals surface area contributed by atoms with Gasteiger partial charge in [0, 0.05) is 24.5 Å².